The first-order chi connectivity index (χ1) is 12.9. The molecule has 0 aliphatic rings. The van der Waals surface area contributed by atoms with Crippen molar-refractivity contribution in [1.82, 2.24) is 5.43 Å². The smallest absolute Gasteiger partial charge is 0.341 e. The molecule has 0 fully saturated rings. The van der Waals surface area contributed by atoms with Crippen molar-refractivity contribution in [2.75, 3.05) is 19.0 Å². The molecule has 0 saturated heterocycles. The van der Waals surface area contributed by atoms with E-state index in [2.05, 4.69) is 15.8 Å². The van der Waals surface area contributed by atoms with Crippen LogP contribution in [0.2, 0.25) is 0 Å². The topological polar surface area (TPSA) is 109 Å². The Morgan fingerprint density at radius 1 is 1.30 bits per heavy atom. The highest BCUT2D eigenvalue weighted by molar-refractivity contribution is 14.1. The Kier molecular flexibility index (Phi) is 7.41. The minimum Gasteiger partial charge on any atom is -0.493 e. The third kappa shape index (κ3) is 6.13. The highest BCUT2D eigenvalue weighted by Crippen LogP contribution is 2.33. The van der Waals surface area contributed by atoms with Crippen LogP contribution in [0.1, 0.15) is 11.1 Å². The Balaban J connectivity index is 2.03. The van der Waals surface area contributed by atoms with Gasteiger partial charge in [0.05, 0.1) is 16.9 Å². The van der Waals surface area contributed by atoms with Gasteiger partial charge in [-0.3, -0.25) is 0 Å². The molecule has 27 heavy (non-hydrogen) atoms. The average molecular weight is 483 g/mol. The molecule has 0 spiro atoms. The van der Waals surface area contributed by atoms with Crippen molar-refractivity contribution in [3.8, 4) is 11.5 Å². The number of carboxylic acids is 1. The molecule has 0 atom stereocenters. The van der Waals surface area contributed by atoms with E-state index in [0.717, 1.165) is 5.56 Å². The molecule has 0 bridgehead atoms. The summed E-state index contributed by atoms with van der Waals surface area (Å²) in [4.78, 5) is 22.6. The molecule has 2 aromatic rings. The monoisotopic (exact) mass is 483 g/mol. The van der Waals surface area contributed by atoms with Crippen LogP contribution in [0.4, 0.5) is 10.5 Å². The van der Waals surface area contributed by atoms with Gasteiger partial charge >= 0.3 is 12.0 Å². The van der Waals surface area contributed by atoms with E-state index < -0.39 is 18.6 Å². The first kappa shape index (κ1) is 20.5. The molecule has 0 heterocycles. The van der Waals surface area contributed by atoms with Crippen molar-refractivity contribution in [1.29, 1.82) is 0 Å². The highest BCUT2D eigenvalue weighted by atomic mass is 127. The third-order valence-electron chi connectivity index (χ3n) is 3.36. The van der Waals surface area contributed by atoms with Crippen molar-refractivity contribution in [2.45, 2.75) is 6.92 Å². The first-order valence-corrected chi connectivity index (χ1v) is 8.86. The molecular weight excluding hydrogens is 465 g/mol. The van der Waals surface area contributed by atoms with E-state index in [1.54, 1.807) is 18.2 Å². The summed E-state index contributed by atoms with van der Waals surface area (Å²) in [6, 6.07) is 10.3. The Morgan fingerprint density at radius 2 is 2.04 bits per heavy atom. The van der Waals surface area contributed by atoms with Gasteiger partial charge in [-0.15, -0.1) is 0 Å². The van der Waals surface area contributed by atoms with Crippen LogP contribution in [0.3, 0.4) is 0 Å². The molecule has 0 aliphatic carbocycles. The fourth-order valence-corrected chi connectivity index (χ4v) is 2.90. The minimum absolute atomic E-state index is 0.336. The van der Waals surface area contributed by atoms with E-state index in [-0.39, 0.29) is 0 Å². The number of carbonyl (C=O) groups is 2. The highest BCUT2D eigenvalue weighted by Gasteiger charge is 2.12. The number of hydrogen-bond acceptors (Lipinski definition) is 5. The van der Waals surface area contributed by atoms with Crippen molar-refractivity contribution in [3.05, 3.63) is 51.1 Å². The summed E-state index contributed by atoms with van der Waals surface area (Å²) in [5.41, 5.74) is 4.67. The second kappa shape index (κ2) is 9.76. The molecule has 0 unspecified atom stereocenters. The molecule has 142 valence electrons. The number of amides is 2. The minimum atomic E-state index is -1.08. The van der Waals surface area contributed by atoms with Gasteiger partial charge in [-0.05, 0) is 58.8 Å². The lowest BCUT2D eigenvalue weighted by atomic mass is 10.2. The number of nitrogens with one attached hydrogen (secondary N) is 2. The number of halogens is 1. The molecule has 2 aromatic carbocycles. The Hall–Kier alpha value is -2.82. The van der Waals surface area contributed by atoms with Crippen LogP contribution in [0.25, 0.3) is 0 Å². The van der Waals surface area contributed by atoms with Gasteiger partial charge in [0, 0.05) is 5.69 Å². The molecule has 3 N–H and O–H groups in total. The van der Waals surface area contributed by atoms with Gasteiger partial charge in [0.25, 0.3) is 0 Å². The predicted molar refractivity (Wildman–Crippen MR) is 110 cm³/mol. The zero-order valence-electron chi connectivity index (χ0n) is 14.7. The number of para-hydroxylation sites is 1. The number of urea groups is 1. The second-order valence-electron chi connectivity index (χ2n) is 5.36. The van der Waals surface area contributed by atoms with Crippen LogP contribution in [0.15, 0.2) is 41.5 Å². The molecule has 0 saturated carbocycles. The zero-order valence-corrected chi connectivity index (χ0v) is 16.8. The summed E-state index contributed by atoms with van der Waals surface area (Å²) >= 11 is 2.01. The van der Waals surface area contributed by atoms with Crippen molar-refractivity contribution >= 4 is 46.5 Å². The number of hydrogen-bond donors (Lipinski definition) is 3. The fraction of sp³-hybridized carbons (Fsp3) is 0.167. The SMILES string of the molecule is COc1cc(C=NNC(=O)Nc2ccccc2C)cc(I)c1OCC(=O)O. The maximum absolute atomic E-state index is 11.9. The number of rotatable bonds is 7. The summed E-state index contributed by atoms with van der Waals surface area (Å²) in [7, 11) is 1.45. The summed E-state index contributed by atoms with van der Waals surface area (Å²) < 4.78 is 11.1. The van der Waals surface area contributed by atoms with E-state index in [9.17, 15) is 9.59 Å². The van der Waals surface area contributed by atoms with Gasteiger partial charge in [0.15, 0.2) is 18.1 Å². The van der Waals surface area contributed by atoms with E-state index in [1.807, 2.05) is 47.7 Å². The van der Waals surface area contributed by atoms with Crippen LogP contribution >= 0.6 is 22.6 Å². The molecular formula is C18H18IN3O5. The second-order valence-corrected chi connectivity index (χ2v) is 6.52. The number of benzene rings is 2. The van der Waals surface area contributed by atoms with Crippen LogP contribution in [0.5, 0.6) is 11.5 Å². The fourth-order valence-electron chi connectivity index (χ4n) is 2.12. The maximum Gasteiger partial charge on any atom is 0.341 e. The summed E-state index contributed by atoms with van der Waals surface area (Å²) in [6.45, 7) is 1.42. The van der Waals surface area contributed by atoms with Crippen molar-refractivity contribution in [2.24, 2.45) is 5.10 Å². The molecule has 0 aliphatic heterocycles. The summed E-state index contributed by atoms with van der Waals surface area (Å²) in [5, 5.41) is 15.3. The van der Waals surface area contributed by atoms with Crippen molar-refractivity contribution in [3.63, 3.8) is 0 Å². The van der Waals surface area contributed by atoms with Crippen LogP contribution in [-0.2, 0) is 4.79 Å². The summed E-state index contributed by atoms with van der Waals surface area (Å²) in [6.07, 6.45) is 1.45. The van der Waals surface area contributed by atoms with Crippen LogP contribution in [0, 0.1) is 10.5 Å². The normalized spacial score (nSPS) is 10.5. The number of carboxylic acid groups (broad SMARTS) is 1. The number of nitrogens with zero attached hydrogens (tertiary/aromatic N) is 1. The van der Waals surface area contributed by atoms with Crippen LogP contribution < -0.4 is 20.2 Å². The van der Waals surface area contributed by atoms with E-state index in [0.29, 0.717) is 26.3 Å². The Labute approximate surface area is 169 Å². The zero-order chi connectivity index (χ0) is 19.8. The number of carbonyl (C=O) groups excluding carboxylic acids is 1. The lowest BCUT2D eigenvalue weighted by Gasteiger charge is -2.12. The van der Waals surface area contributed by atoms with Gasteiger partial charge in [-0.25, -0.2) is 15.0 Å². The quantitative estimate of drug-likeness (QED) is 0.319. The van der Waals surface area contributed by atoms with E-state index in [1.165, 1.54) is 13.3 Å². The molecule has 0 aromatic heterocycles. The lowest BCUT2D eigenvalue weighted by molar-refractivity contribution is -0.139. The van der Waals surface area contributed by atoms with E-state index in [4.69, 9.17) is 14.6 Å². The van der Waals surface area contributed by atoms with Crippen LogP contribution in [-0.4, -0.2) is 37.0 Å². The molecule has 9 heteroatoms. The molecule has 0 radical (unpaired) electrons. The number of methoxy groups -OCH3 is 1. The standard InChI is InChI=1S/C18H18IN3O5/c1-11-5-3-4-6-14(11)21-18(25)22-20-9-12-7-13(19)17(15(8-12)26-2)27-10-16(23)24/h3-9H,10H2,1-2H3,(H,23,24)(H2,21,22,25). The number of ether oxygens (including phenoxy) is 2. The number of aryl methyl sites for hydroxylation is 1. The lowest BCUT2D eigenvalue weighted by Crippen LogP contribution is -2.24. The van der Waals surface area contributed by atoms with E-state index >= 15 is 0 Å². The van der Waals surface area contributed by atoms with Gasteiger partial charge in [-0.2, -0.15) is 5.10 Å². The first-order valence-electron chi connectivity index (χ1n) is 7.78. The van der Waals surface area contributed by atoms with Gasteiger partial charge in [-0.1, -0.05) is 18.2 Å². The largest absolute Gasteiger partial charge is 0.493 e. The average Bonchev–Trinajstić information content (AvgIpc) is 2.62. The van der Waals surface area contributed by atoms with Gasteiger partial charge < -0.3 is 19.9 Å². The number of aliphatic carboxylic acids is 1. The van der Waals surface area contributed by atoms with Gasteiger partial charge in [0.1, 0.15) is 0 Å². The summed E-state index contributed by atoms with van der Waals surface area (Å²) in [5.74, 6) is -0.376. The third-order valence-corrected chi connectivity index (χ3v) is 4.17. The molecule has 8 nitrogen and oxygen atoms in total. The number of anilines is 1. The number of hydrazone groups is 1. The van der Waals surface area contributed by atoms with Crippen molar-refractivity contribution < 1.29 is 24.2 Å². The predicted octanol–water partition coefficient (Wildman–Crippen LogP) is 3.23. The van der Waals surface area contributed by atoms with Gasteiger partial charge in [0.2, 0.25) is 0 Å². The Bertz CT molecular complexity index is 870. The molecule has 2 rings (SSSR count). The molecule has 2 amide bonds. The Morgan fingerprint density at radius 3 is 2.70 bits per heavy atom. The maximum atomic E-state index is 11.9.